The Hall–Kier alpha value is -0.0400. The van der Waals surface area contributed by atoms with Crippen LogP contribution in [0.25, 0.3) is 0 Å². The Bertz CT molecular complexity index is 190. The Morgan fingerprint density at radius 2 is 1.42 bits per heavy atom. The molecule has 0 radical (unpaired) electrons. The van der Waals surface area contributed by atoms with E-state index in [0.717, 1.165) is 11.8 Å². The molecule has 0 aromatic rings. The topological polar surface area (TPSA) is 12.0 Å². The summed E-state index contributed by atoms with van der Waals surface area (Å²) in [6, 6.07) is 0. The minimum absolute atomic E-state index is 0.958. The maximum atomic E-state index is 3.55. The summed E-state index contributed by atoms with van der Waals surface area (Å²) >= 11 is 0. The van der Waals surface area contributed by atoms with Gasteiger partial charge in [-0.15, -0.1) is 0 Å². The normalized spacial score (nSPS) is 23.7. The molecule has 2 unspecified atom stereocenters. The third kappa shape index (κ3) is 8.68. The number of piperidine rings is 1. The molecule has 1 heterocycles. The van der Waals surface area contributed by atoms with E-state index >= 15 is 0 Å². The van der Waals surface area contributed by atoms with Crippen LogP contribution in [0.2, 0.25) is 0 Å². The van der Waals surface area contributed by atoms with E-state index in [-0.39, 0.29) is 0 Å². The second-order valence-electron chi connectivity index (χ2n) is 6.70. The van der Waals surface area contributed by atoms with Crippen molar-refractivity contribution in [3.05, 3.63) is 0 Å². The molecule has 0 aromatic heterocycles. The molecule has 1 heteroatoms. The molecule has 1 nitrogen and oxygen atoms in total. The lowest BCUT2D eigenvalue weighted by molar-refractivity contribution is 0.253. The van der Waals surface area contributed by atoms with Crippen LogP contribution in [-0.4, -0.2) is 13.1 Å². The average molecular weight is 268 g/mol. The highest BCUT2D eigenvalue weighted by atomic mass is 14.9. The molecule has 114 valence electrons. The lowest BCUT2D eigenvalue weighted by Gasteiger charge is -2.29. The van der Waals surface area contributed by atoms with Gasteiger partial charge in [0.25, 0.3) is 0 Å². The zero-order valence-corrected chi connectivity index (χ0v) is 13.6. The van der Waals surface area contributed by atoms with Crippen LogP contribution in [0.15, 0.2) is 0 Å². The lowest BCUT2D eigenvalue weighted by Crippen LogP contribution is -2.35. The van der Waals surface area contributed by atoms with Crippen molar-refractivity contribution in [2.24, 2.45) is 11.8 Å². The molecule has 1 aliphatic heterocycles. The first-order chi connectivity index (χ1) is 9.34. The van der Waals surface area contributed by atoms with Gasteiger partial charge < -0.3 is 5.32 Å². The molecule has 1 N–H and O–H groups in total. The number of unbranched alkanes of at least 4 members (excludes halogenated alkanes) is 9. The first-order valence-corrected chi connectivity index (χ1v) is 9.05. The highest BCUT2D eigenvalue weighted by molar-refractivity contribution is 4.74. The quantitative estimate of drug-likeness (QED) is 0.484. The Kier molecular flexibility index (Phi) is 10.5. The third-order valence-corrected chi connectivity index (χ3v) is 4.92. The molecule has 0 spiro atoms. The van der Waals surface area contributed by atoms with Crippen molar-refractivity contribution in [1.29, 1.82) is 0 Å². The smallest absolute Gasteiger partial charge is 0.00180 e. The van der Waals surface area contributed by atoms with Crippen LogP contribution in [0.4, 0.5) is 0 Å². The Morgan fingerprint density at radius 3 is 2.00 bits per heavy atom. The zero-order chi connectivity index (χ0) is 13.8. The van der Waals surface area contributed by atoms with Crippen LogP contribution in [0.1, 0.15) is 90.9 Å². The summed E-state index contributed by atoms with van der Waals surface area (Å²) in [6.45, 7) is 7.26. The van der Waals surface area contributed by atoms with Crippen LogP contribution in [0.5, 0.6) is 0 Å². The van der Waals surface area contributed by atoms with Gasteiger partial charge >= 0.3 is 0 Å². The number of nitrogens with one attached hydrogen (secondary N) is 1. The summed E-state index contributed by atoms with van der Waals surface area (Å²) in [5.74, 6) is 1.92. The highest BCUT2D eigenvalue weighted by Gasteiger charge is 2.19. The van der Waals surface area contributed by atoms with E-state index in [2.05, 4.69) is 19.2 Å². The van der Waals surface area contributed by atoms with Gasteiger partial charge in [0.1, 0.15) is 0 Å². The van der Waals surface area contributed by atoms with Crippen molar-refractivity contribution in [2.75, 3.05) is 13.1 Å². The van der Waals surface area contributed by atoms with Crippen LogP contribution in [-0.2, 0) is 0 Å². The Labute approximate surface area is 121 Å². The summed E-state index contributed by atoms with van der Waals surface area (Å²) in [5, 5.41) is 3.55. The van der Waals surface area contributed by atoms with E-state index in [1.807, 2.05) is 0 Å². The molecule has 2 atom stereocenters. The molecule has 1 aliphatic rings. The Morgan fingerprint density at radius 1 is 0.842 bits per heavy atom. The van der Waals surface area contributed by atoms with Gasteiger partial charge in [-0.1, -0.05) is 78.1 Å². The molecule has 1 fully saturated rings. The Balaban J connectivity index is 1.80. The van der Waals surface area contributed by atoms with E-state index in [1.54, 1.807) is 0 Å². The molecule has 0 aliphatic carbocycles. The minimum Gasteiger partial charge on any atom is -0.316 e. The fraction of sp³-hybridized carbons (Fsp3) is 1.00. The van der Waals surface area contributed by atoms with E-state index < -0.39 is 0 Å². The van der Waals surface area contributed by atoms with Crippen LogP contribution >= 0.6 is 0 Å². The lowest BCUT2D eigenvalue weighted by atomic mass is 9.84. The molecule has 0 saturated carbocycles. The van der Waals surface area contributed by atoms with Gasteiger partial charge in [-0.2, -0.15) is 0 Å². The maximum absolute atomic E-state index is 3.55. The maximum Gasteiger partial charge on any atom is -0.00180 e. The number of hydrogen-bond donors (Lipinski definition) is 1. The molecule has 1 rings (SSSR count). The zero-order valence-electron chi connectivity index (χ0n) is 13.6. The molecule has 1 saturated heterocycles. The van der Waals surface area contributed by atoms with E-state index in [4.69, 9.17) is 0 Å². The van der Waals surface area contributed by atoms with Crippen LogP contribution in [0, 0.1) is 11.8 Å². The SMILES string of the molecule is CCCCCCCCCCCCC1CNCCC1C. The molecule has 0 aromatic carbocycles. The highest BCUT2D eigenvalue weighted by Crippen LogP contribution is 2.24. The monoisotopic (exact) mass is 267 g/mol. The first kappa shape index (κ1) is 17.0. The fourth-order valence-electron chi connectivity index (χ4n) is 3.33. The van der Waals surface area contributed by atoms with Crippen LogP contribution in [0.3, 0.4) is 0 Å². The second kappa shape index (κ2) is 11.8. The fourth-order valence-corrected chi connectivity index (χ4v) is 3.33. The summed E-state index contributed by atoms with van der Waals surface area (Å²) in [7, 11) is 0. The molecular weight excluding hydrogens is 230 g/mol. The summed E-state index contributed by atoms with van der Waals surface area (Å²) in [5.41, 5.74) is 0. The van der Waals surface area contributed by atoms with Crippen molar-refractivity contribution in [1.82, 2.24) is 5.32 Å². The van der Waals surface area contributed by atoms with E-state index in [9.17, 15) is 0 Å². The van der Waals surface area contributed by atoms with Crippen molar-refractivity contribution in [3.8, 4) is 0 Å². The summed E-state index contributed by atoms with van der Waals surface area (Å²) < 4.78 is 0. The van der Waals surface area contributed by atoms with E-state index in [0.29, 0.717) is 0 Å². The average Bonchev–Trinajstić information content (AvgIpc) is 2.43. The molecule has 0 bridgehead atoms. The van der Waals surface area contributed by atoms with Gasteiger partial charge in [0.05, 0.1) is 0 Å². The van der Waals surface area contributed by atoms with Gasteiger partial charge in [0.2, 0.25) is 0 Å². The second-order valence-corrected chi connectivity index (χ2v) is 6.70. The van der Waals surface area contributed by atoms with Crippen molar-refractivity contribution < 1.29 is 0 Å². The molecule has 19 heavy (non-hydrogen) atoms. The summed E-state index contributed by atoms with van der Waals surface area (Å²) in [4.78, 5) is 0. The van der Waals surface area contributed by atoms with Gasteiger partial charge in [-0.05, 0) is 37.8 Å². The van der Waals surface area contributed by atoms with Gasteiger partial charge in [-0.3, -0.25) is 0 Å². The van der Waals surface area contributed by atoms with Gasteiger partial charge in [0.15, 0.2) is 0 Å². The van der Waals surface area contributed by atoms with Crippen molar-refractivity contribution >= 4 is 0 Å². The predicted molar refractivity (Wildman–Crippen MR) is 86.6 cm³/mol. The summed E-state index contributed by atoms with van der Waals surface area (Å²) in [6.07, 6.45) is 17.4. The van der Waals surface area contributed by atoms with Gasteiger partial charge in [0, 0.05) is 0 Å². The predicted octanol–water partition coefficient (Wildman–Crippen LogP) is 5.54. The van der Waals surface area contributed by atoms with Crippen molar-refractivity contribution in [3.63, 3.8) is 0 Å². The molecule has 0 amide bonds. The standard InChI is InChI=1S/C18H37N/c1-3-4-5-6-7-8-9-10-11-12-13-18-16-19-15-14-17(18)2/h17-19H,3-16H2,1-2H3. The first-order valence-electron chi connectivity index (χ1n) is 9.05. The largest absolute Gasteiger partial charge is 0.316 e. The van der Waals surface area contributed by atoms with Gasteiger partial charge in [-0.25, -0.2) is 0 Å². The third-order valence-electron chi connectivity index (χ3n) is 4.92. The number of hydrogen-bond acceptors (Lipinski definition) is 1. The minimum atomic E-state index is 0.958. The van der Waals surface area contributed by atoms with Crippen LogP contribution < -0.4 is 5.32 Å². The number of rotatable bonds is 11. The molecular formula is C18H37N. The van der Waals surface area contributed by atoms with Crippen molar-refractivity contribution in [2.45, 2.75) is 90.9 Å². The van der Waals surface area contributed by atoms with E-state index in [1.165, 1.54) is 90.1 Å².